The molecule has 3 aromatic rings. The molecule has 0 aliphatic carbocycles. The lowest BCUT2D eigenvalue weighted by atomic mass is 9.95. The van der Waals surface area contributed by atoms with Crippen molar-refractivity contribution in [1.29, 1.82) is 0 Å². The Kier molecular flexibility index (Phi) is 6.25. The molecule has 3 rings (SSSR count). The van der Waals surface area contributed by atoms with Crippen molar-refractivity contribution in [2.45, 2.75) is 26.2 Å². The topological polar surface area (TPSA) is 56.5 Å². The van der Waals surface area contributed by atoms with Crippen molar-refractivity contribution in [2.75, 3.05) is 6.61 Å². The first-order valence-corrected chi connectivity index (χ1v) is 10.4. The zero-order valence-corrected chi connectivity index (χ0v) is 19.4. The minimum absolute atomic E-state index is 0.189. The van der Waals surface area contributed by atoms with Gasteiger partial charge < -0.3 is 4.74 Å². The molecule has 0 aliphatic rings. The van der Waals surface area contributed by atoms with Crippen LogP contribution in [-0.4, -0.2) is 22.5 Å². The van der Waals surface area contributed by atoms with Gasteiger partial charge in [-0.3, -0.25) is 4.79 Å². The first-order valence-electron chi connectivity index (χ1n) is 8.83. The van der Waals surface area contributed by atoms with Gasteiger partial charge in [0, 0.05) is 9.89 Å². The average Bonchev–Trinajstić information content (AvgIpc) is 2.66. The van der Waals surface area contributed by atoms with Crippen molar-refractivity contribution >= 4 is 49.0 Å². The van der Waals surface area contributed by atoms with E-state index in [1.165, 1.54) is 4.68 Å². The molecule has 0 fully saturated rings. The summed E-state index contributed by atoms with van der Waals surface area (Å²) >= 11 is 6.88. The molecule has 2 aromatic carbocycles. The molecule has 148 valence electrons. The van der Waals surface area contributed by atoms with Gasteiger partial charge in [-0.05, 0) is 57.9 Å². The number of aromatic nitrogens is 2. The van der Waals surface area contributed by atoms with E-state index in [2.05, 4.69) is 42.9 Å². The highest BCUT2D eigenvalue weighted by Crippen LogP contribution is 2.26. The lowest BCUT2D eigenvalue weighted by molar-refractivity contribution is 0.368. The largest absolute Gasteiger partial charge is 0.480 e. The molecule has 0 amide bonds. The summed E-state index contributed by atoms with van der Waals surface area (Å²) in [5.41, 5.74) is 0.856. The van der Waals surface area contributed by atoms with Crippen LogP contribution in [0.3, 0.4) is 0 Å². The van der Waals surface area contributed by atoms with Gasteiger partial charge in [-0.2, -0.15) is 9.78 Å². The third kappa shape index (κ3) is 4.77. The van der Waals surface area contributed by atoms with Crippen molar-refractivity contribution in [2.24, 2.45) is 5.10 Å². The number of rotatable bonds is 4. The average molecular weight is 517 g/mol. The quantitative estimate of drug-likeness (QED) is 0.357. The summed E-state index contributed by atoms with van der Waals surface area (Å²) in [5, 5.41) is 4.97. The second kappa shape index (κ2) is 8.52. The summed E-state index contributed by atoms with van der Waals surface area (Å²) in [4.78, 5) is 17.9. The van der Waals surface area contributed by atoms with Crippen LogP contribution in [0, 0.1) is 12.3 Å². The van der Waals surface area contributed by atoms with E-state index in [4.69, 9.17) is 16.1 Å². The van der Waals surface area contributed by atoms with E-state index in [9.17, 15) is 4.79 Å². The van der Waals surface area contributed by atoms with Crippen LogP contribution in [0.5, 0.6) is 5.75 Å². The molecule has 0 radical (unpaired) electrons. The maximum atomic E-state index is 13.1. The number of hydrogen-bond acceptors (Lipinski definition) is 4. The van der Waals surface area contributed by atoms with E-state index >= 15 is 0 Å². The molecule has 0 aliphatic heterocycles. The SMILES string of the molecule is C#CCOc1ccc(C=Nn2c(C(C)(C)C)nc3ccc(Br)cc3c2=O)cc1Br. The number of terminal acetylenes is 1. The molecule has 0 saturated carbocycles. The Morgan fingerprint density at radius 3 is 2.66 bits per heavy atom. The maximum Gasteiger partial charge on any atom is 0.282 e. The molecule has 5 nitrogen and oxygen atoms in total. The van der Waals surface area contributed by atoms with Crippen molar-refractivity contribution in [3.05, 3.63) is 67.1 Å². The third-order valence-electron chi connectivity index (χ3n) is 4.07. The van der Waals surface area contributed by atoms with Gasteiger partial charge in [-0.1, -0.05) is 42.6 Å². The van der Waals surface area contributed by atoms with Gasteiger partial charge in [0.15, 0.2) is 0 Å². The first kappa shape index (κ1) is 21.3. The molecule has 29 heavy (non-hydrogen) atoms. The second-order valence-electron chi connectivity index (χ2n) is 7.39. The Morgan fingerprint density at radius 1 is 1.24 bits per heavy atom. The van der Waals surface area contributed by atoms with Crippen LogP contribution < -0.4 is 10.3 Å². The Bertz CT molecular complexity index is 1200. The molecule has 1 aromatic heterocycles. The fourth-order valence-electron chi connectivity index (χ4n) is 2.70. The van der Waals surface area contributed by atoms with Gasteiger partial charge >= 0.3 is 0 Å². The fourth-order valence-corrected chi connectivity index (χ4v) is 3.57. The van der Waals surface area contributed by atoms with Crippen LogP contribution >= 0.6 is 31.9 Å². The summed E-state index contributed by atoms with van der Waals surface area (Å²) in [5.74, 6) is 3.66. The predicted octanol–water partition coefficient (Wildman–Crippen LogP) is 5.11. The van der Waals surface area contributed by atoms with Gasteiger partial charge in [-0.25, -0.2) is 4.98 Å². The summed E-state index contributed by atoms with van der Waals surface area (Å²) in [6, 6.07) is 10.9. The standard InChI is InChI=1S/C22H19Br2N3O2/c1-5-10-29-19-9-6-14(11-17(19)24)13-25-27-20(28)16-12-15(23)7-8-18(16)26-21(27)22(2,3)4/h1,6-9,11-13H,10H2,2-4H3. The molecule has 0 atom stereocenters. The van der Waals surface area contributed by atoms with E-state index in [1.807, 2.05) is 45.0 Å². The van der Waals surface area contributed by atoms with E-state index in [0.717, 1.165) is 14.5 Å². The Hall–Kier alpha value is -2.43. The van der Waals surface area contributed by atoms with Crippen LogP contribution in [0.2, 0.25) is 0 Å². The summed E-state index contributed by atoms with van der Waals surface area (Å²) in [7, 11) is 0. The molecule has 0 unspecified atom stereocenters. The number of nitrogens with zero attached hydrogens (tertiary/aromatic N) is 3. The van der Waals surface area contributed by atoms with E-state index < -0.39 is 0 Å². The number of ether oxygens (including phenoxy) is 1. The van der Waals surface area contributed by atoms with Crippen LogP contribution in [0.1, 0.15) is 32.2 Å². The zero-order valence-electron chi connectivity index (χ0n) is 16.2. The Morgan fingerprint density at radius 2 is 2.00 bits per heavy atom. The molecule has 0 bridgehead atoms. The maximum absolute atomic E-state index is 13.1. The molecule has 0 saturated heterocycles. The summed E-state index contributed by atoms with van der Waals surface area (Å²) in [6.45, 7) is 6.19. The minimum atomic E-state index is -0.370. The highest BCUT2D eigenvalue weighted by atomic mass is 79.9. The van der Waals surface area contributed by atoms with Crippen LogP contribution in [0.25, 0.3) is 10.9 Å². The van der Waals surface area contributed by atoms with Crippen molar-refractivity contribution in [3.8, 4) is 18.1 Å². The van der Waals surface area contributed by atoms with Gasteiger partial charge in [0.1, 0.15) is 18.2 Å². The molecular weight excluding hydrogens is 498 g/mol. The number of benzene rings is 2. The number of fused-ring (bicyclic) bond motifs is 1. The number of halogens is 2. The van der Waals surface area contributed by atoms with Gasteiger partial charge in [0.2, 0.25) is 0 Å². The van der Waals surface area contributed by atoms with E-state index in [0.29, 0.717) is 22.5 Å². The first-order chi connectivity index (χ1) is 13.7. The van der Waals surface area contributed by atoms with Crippen LogP contribution in [-0.2, 0) is 5.41 Å². The normalized spacial score (nSPS) is 11.7. The van der Waals surface area contributed by atoms with Crippen LogP contribution in [0.4, 0.5) is 0 Å². The van der Waals surface area contributed by atoms with Crippen molar-refractivity contribution in [1.82, 2.24) is 9.66 Å². The second-order valence-corrected chi connectivity index (χ2v) is 9.16. The van der Waals surface area contributed by atoms with Crippen molar-refractivity contribution < 1.29 is 4.74 Å². The number of hydrogen-bond donors (Lipinski definition) is 0. The fraction of sp³-hybridized carbons (Fsp3) is 0.227. The third-order valence-corrected chi connectivity index (χ3v) is 5.18. The van der Waals surface area contributed by atoms with Gasteiger partial charge in [0.05, 0.1) is 21.6 Å². The lowest BCUT2D eigenvalue weighted by Crippen LogP contribution is -2.29. The predicted molar refractivity (Wildman–Crippen MR) is 124 cm³/mol. The molecule has 7 heteroatoms. The zero-order chi connectivity index (χ0) is 21.2. The highest BCUT2D eigenvalue weighted by Gasteiger charge is 2.22. The molecule has 1 heterocycles. The van der Waals surface area contributed by atoms with E-state index in [1.54, 1.807) is 18.3 Å². The van der Waals surface area contributed by atoms with Gasteiger partial charge in [0.25, 0.3) is 5.56 Å². The molecule has 0 spiro atoms. The lowest BCUT2D eigenvalue weighted by Gasteiger charge is -2.20. The Balaban J connectivity index is 2.09. The van der Waals surface area contributed by atoms with Gasteiger partial charge in [-0.15, -0.1) is 6.42 Å². The molecule has 0 N–H and O–H groups in total. The summed E-state index contributed by atoms with van der Waals surface area (Å²) < 4.78 is 8.38. The Labute approximate surface area is 186 Å². The van der Waals surface area contributed by atoms with E-state index in [-0.39, 0.29) is 17.6 Å². The summed E-state index contributed by atoms with van der Waals surface area (Å²) in [6.07, 6.45) is 6.85. The minimum Gasteiger partial charge on any atom is -0.480 e. The highest BCUT2D eigenvalue weighted by molar-refractivity contribution is 9.10. The monoisotopic (exact) mass is 515 g/mol. The smallest absolute Gasteiger partial charge is 0.282 e. The van der Waals surface area contributed by atoms with Crippen molar-refractivity contribution in [3.63, 3.8) is 0 Å². The van der Waals surface area contributed by atoms with Crippen LogP contribution in [0.15, 0.2) is 55.2 Å². The molecular formula is C22H19Br2N3O2.